The largest absolute Gasteiger partial charge is 0.496 e. The molecule has 1 aromatic carbocycles. The van der Waals surface area contributed by atoms with Gasteiger partial charge < -0.3 is 9.26 Å². The summed E-state index contributed by atoms with van der Waals surface area (Å²) in [7, 11) is 1.63. The lowest BCUT2D eigenvalue weighted by Crippen LogP contribution is -2.12. The zero-order valence-corrected chi connectivity index (χ0v) is 13.2. The second-order valence-corrected chi connectivity index (χ2v) is 5.19. The third-order valence-electron chi connectivity index (χ3n) is 3.64. The zero-order valence-electron chi connectivity index (χ0n) is 13.2. The van der Waals surface area contributed by atoms with Crippen LogP contribution in [0.5, 0.6) is 5.75 Å². The summed E-state index contributed by atoms with van der Waals surface area (Å²) in [6.45, 7) is 0. The Hall–Kier alpha value is -3.68. The molecule has 0 saturated heterocycles. The lowest BCUT2D eigenvalue weighted by molar-refractivity contribution is 0.0987. The Labute approximate surface area is 142 Å². The topological polar surface area (TPSA) is 94.5 Å². The molecule has 0 aliphatic carbocycles. The number of amides is 1. The molecule has 25 heavy (non-hydrogen) atoms. The average molecular weight is 335 g/mol. The lowest BCUT2D eigenvalue weighted by atomic mass is 10.1. The van der Waals surface area contributed by atoms with E-state index in [1.807, 2.05) is 42.6 Å². The highest BCUT2D eigenvalue weighted by atomic mass is 16.5. The van der Waals surface area contributed by atoms with Crippen LogP contribution in [0.4, 0.5) is 5.95 Å². The molecule has 0 unspecified atom stereocenters. The minimum atomic E-state index is -0.460. The number of nitrogens with zero attached hydrogens (tertiary/aromatic N) is 4. The molecule has 0 radical (unpaired) electrons. The average Bonchev–Trinajstić information content (AvgIpc) is 3.30. The van der Waals surface area contributed by atoms with E-state index in [-0.39, 0.29) is 11.7 Å². The van der Waals surface area contributed by atoms with E-state index >= 15 is 0 Å². The number of ether oxygens (including phenoxy) is 1. The van der Waals surface area contributed by atoms with E-state index in [0.29, 0.717) is 5.65 Å². The van der Waals surface area contributed by atoms with Gasteiger partial charge in [-0.3, -0.25) is 10.1 Å². The second-order valence-electron chi connectivity index (χ2n) is 5.19. The summed E-state index contributed by atoms with van der Waals surface area (Å²) in [4.78, 5) is 16.2. The van der Waals surface area contributed by atoms with Crippen LogP contribution in [0.15, 0.2) is 59.4 Å². The molecule has 0 aliphatic heterocycles. The standard InChI is InChI=1S/C17H13N5O3/c1-24-13-5-3-2-4-12(13)11-6-7-15-19-17(21-22(15)10-11)20-16(23)14-8-9-18-25-14/h2-10H,1H3,(H,20,21,23). The fourth-order valence-corrected chi connectivity index (χ4v) is 2.47. The maximum Gasteiger partial charge on any atom is 0.296 e. The summed E-state index contributed by atoms with van der Waals surface area (Å²) in [6.07, 6.45) is 3.22. The summed E-state index contributed by atoms with van der Waals surface area (Å²) in [6, 6.07) is 12.9. The Morgan fingerprint density at radius 1 is 1.20 bits per heavy atom. The summed E-state index contributed by atoms with van der Waals surface area (Å²) < 4.78 is 11.8. The smallest absolute Gasteiger partial charge is 0.296 e. The van der Waals surface area contributed by atoms with Gasteiger partial charge in [0.25, 0.3) is 5.91 Å². The van der Waals surface area contributed by atoms with E-state index in [2.05, 4.69) is 20.6 Å². The van der Waals surface area contributed by atoms with Gasteiger partial charge in [-0.25, -0.2) is 4.52 Å². The van der Waals surface area contributed by atoms with E-state index < -0.39 is 5.91 Å². The van der Waals surface area contributed by atoms with Crippen molar-refractivity contribution in [3.63, 3.8) is 0 Å². The summed E-state index contributed by atoms with van der Waals surface area (Å²) in [5.41, 5.74) is 2.46. The van der Waals surface area contributed by atoms with Crippen LogP contribution < -0.4 is 10.1 Å². The van der Waals surface area contributed by atoms with Crippen molar-refractivity contribution >= 4 is 17.5 Å². The maximum atomic E-state index is 12.0. The molecular formula is C17H13N5O3. The first kappa shape index (κ1) is 14.9. The van der Waals surface area contributed by atoms with Crippen LogP contribution in [0.2, 0.25) is 0 Å². The fourth-order valence-electron chi connectivity index (χ4n) is 2.47. The van der Waals surface area contributed by atoms with Gasteiger partial charge in [-0.1, -0.05) is 23.4 Å². The molecule has 4 aromatic rings. The molecule has 8 heteroatoms. The molecule has 0 bridgehead atoms. The fraction of sp³-hybridized carbons (Fsp3) is 0.0588. The molecule has 8 nitrogen and oxygen atoms in total. The minimum absolute atomic E-state index is 0.0913. The predicted molar refractivity (Wildman–Crippen MR) is 89.4 cm³/mol. The number of benzene rings is 1. The molecule has 0 atom stereocenters. The number of hydrogen-bond donors (Lipinski definition) is 1. The maximum absolute atomic E-state index is 12.0. The molecular weight excluding hydrogens is 322 g/mol. The Balaban J connectivity index is 1.67. The van der Waals surface area contributed by atoms with Crippen molar-refractivity contribution < 1.29 is 14.1 Å². The van der Waals surface area contributed by atoms with Gasteiger partial charge in [-0.05, 0) is 18.2 Å². The summed E-state index contributed by atoms with van der Waals surface area (Å²) in [5.74, 6) is 0.575. The molecule has 0 saturated carbocycles. The number of aromatic nitrogens is 4. The van der Waals surface area contributed by atoms with Crippen LogP contribution in [0.25, 0.3) is 16.8 Å². The highest BCUT2D eigenvalue weighted by Gasteiger charge is 2.14. The normalized spacial score (nSPS) is 10.8. The lowest BCUT2D eigenvalue weighted by Gasteiger charge is -2.07. The van der Waals surface area contributed by atoms with E-state index in [9.17, 15) is 4.79 Å². The van der Waals surface area contributed by atoms with Gasteiger partial charge in [0.1, 0.15) is 5.75 Å². The number of anilines is 1. The monoisotopic (exact) mass is 335 g/mol. The molecule has 1 N–H and O–H groups in total. The van der Waals surface area contributed by atoms with Crippen molar-refractivity contribution in [1.82, 2.24) is 19.8 Å². The Kier molecular flexibility index (Phi) is 3.62. The summed E-state index contributed by atoms with van der Waals surface area (Å²) >= 11 is 0. The SMILES string of the molecule is COc1ccccc1-c1ccc2nc(NC(=O)c3ccno3)nn2c1. The van der Waals surface area contributed by atoms with Gasteiger partial charge >= 0.3 is 0 Å². The van der Waals surface area contributed by atoms with Gasteiger partial charge in [0.2, 0.25) is 11.7 Å². The van der Waals surface area contributed by atoms with Crippen LogP contribution in [0, 0.1) is 0 Å². The molecule has 0 spiro atoms. The van der Waals surface area contributed by atoms with Gasteiger partial charge in [0, 0.05) is 23.4 Å². The molecule has 4 rings (SSSR count). The third kappa shape index (κ3) is 2.80. The van der Waals surface area contributed by atoms with E-state index in [1.54, 1.807) is 11.6 Å². The number of carbonyl (C=O) groups excluding carboxylic acids is 1. The van der Waals surface area contributed by atoms with Crippen molar-refractivity contribution in [2.45, 2.75) is 0 Å². The first-order valence-electron chi connectivity index (χ1n) is 7.46. The Morgan fingerprint density at radius 3 is 2.88 bits per heavy atom. The van der Waals surface area contributed by atoms with Crippen molar-refractivity contribution in [2.75, 3.05) is 12.4 Å². The summed E-state index contributed by atoms with van der Waals surface area (Å²) in [5, 5.41) is 10.3. The van der Waals surface area contributed by atoms with Crippen LogP contribution in [0.1, 0.15) is 10.6 Å². The van der Waals surface area contributed by atoms with Crippen LogP contribution in [-0.2, 0) is 0 Å². The van der Waals surface area contributed by atoms with Crippen LogP contribution in [0.3, 0.4) is 0 Å². The molecule has 0 fully saturated rings. The number of carbonyl (C=O) groups is 1. The number of rotatable bonds is 4. The van der Waals surface area contributed by atoms with E-state index in [4.69, 9.17) is 9.26 Å². The molecule has 3 heterocycles. The van der Waals surface area contributed by atoms with Crippen LogP contribution in [-0.4, -0.2) is 32.8 Å². The van der Waals surface area contributed by atoms with E-state index in [0.717, 1.165) is 16.9 Å². The number of pyridine rings is 1. The number of para-hydroxylation sites is 1. The van der Waals surface area contributed by atoms with Crippen molar-refractivity contribution in [3.05, 3.63) is 60.6 Å². The minimum Gasteiger partial charge on any atom is -0.496 e. The first-order chi connectivity index (χ1) is 12.2. The van der Waals surface area contributed by atoms with E-state index in [1.165, 1.54) is 12.3 Å². The number of nitrogens with one attached hydrogen (secondary N) is 1. The molecule has 3 aromatic heterocycles. The third-order valence-corrected chi connectivity index (χ3v) is 3.64. The number of fused-ring (bicyclic) bond motifs is 1. The zero-order chi connectivity index (χ0) is 17.2. The van der Waals surface area contributed by atoms with Crippen molar-refractivity contribution in [2.24, 2.45) is 0 Å². The second kappa shape index (κ2) is 6.08. The molecule has 0 aliphatic rings. The van der Waals surface area contributed by atoms with Gasteiger partial charge in [0.15, 0.2) is 5.65 Å². The first-order valence-corrected chi connectivity index (χ1v) is 7.46. The Bertz CT molecular complexity index is 1040. The van der Waals surface area contributed by atoms with Gasteiger partial charge in [-0.15, -0.1) is 5.10 Å². The van der Waals surface area contributed by atoms with Gasteiger partial charge in [0.05, 0.1) is 13.3 Å². The highest BCUT2D eigenvalue weighted by molar-refractivity contribution is 6.01. The van der Waals surface area contributed by atoms with Crippen molar-refractivity contribution in [3.8, 4) is 16.9 Å². The number of hydrogen-bond acceptors (Lipinski definition) is 6. The number of methoxy groups -OCH3 is 1. The molecule has 124 valence electrons. The molecule has 1 amide bonds. The van der Waals surface area contributed by atoms with Crippen molar-refractivity contribution in [1.29, 1.82) is 0 Å². The quantitative estimate of drug-likeness (QED) is 0.616. The van der Waals surface area contributed by atoms with Crippen LogP contribution >= 0.6 is 0 Å². The predicted octanol–water partition coefficient (Wildman–Crippen LogP) is 2.65. The highest BCUT2D eigenvalue weighted by Crippen LogP contribution is 2.29. The van der Waals surface area contributed by atoms with Gasteiger partial charge in [-0.2, -0.15) is 4.98 Å². The Morgan fingerprint density at radius 2 is 2.08 bits per heavy atom.